The number of halogens is 1. The molecule has 0 spiro atoms. The molecule has 0 fully saturated rings. The van der Waals surface area contributed by atoms with Crippen molar-refractivity contribution in [2.45, 2.75) is 52.1 Å². The van der Waals surface area contributed by atoms with Gasteiger partial charge >= 0.3 is 5.97 Å². The van der Waals surface area contributed by atoms with Crippen LogP contribution >= 0.6 is 11.6 Å². The smallest absolute Gasteiger partial charge is 0.358 e. The van der Waals surface area contributed by atoms with Crippen LogP contribution in [-0.2, 0) is 4.74 Å². The van der Waals surface area contributed by atoms with E-state index in [0.29, 0.717) is 0 Å². The lowest BCUT2D eigenvalue weighted by molar-refractivity contribution is 0.0312. The van der Waals surface area contributed by atoms with Crippen molar-refractivity contribution in [3.8, 4) is 0 Å². The molecule has 0 aliphatic rings. The third-order valence-corrected chi connectivity index (χ3v) is 2.80. The molecule has 1 heterocycles. The van der Waals surface area contributed by atoms with Crippen LogP contribution in [0.4, 0.5) is 0 Å². The molecule has 0 radical (unpaired) electrons. The summed E-state index contributed by atoms with van der Waals surface area (Å²) in [5, 5.41) is 0.263. The van der Waals surface area contributed by atoms with Crippen LogP contribution in [0.1, 0.15) is 56.4 Å². The summed E-state index contributed by atoms with van der Waals surface area (Å²) in [6, 6.07) is 0. The van der Waals surface area contributed by atoms with E-state index in [9.17, 15) is 4.79 Å². The molecule has 1 aromatic rings. The van der Waals surface area contributed by atoms with Crippen molar-refractivity contribution in [2.75, 3.05) is 0 Å². The zero-order valence-corrected chi connectivity index (χ0v) is 11.6. The summed E-state index contributed by atoms with van der Waals surface area (Å²) in [6.07, 6.45) is 8.14. The molecule has 0 aliphatic carbocycles. The Bertz CT molecular complexity index is 368. The van der Waals surface area contributed by atoms with E-state index >= 15 is 0 Å². The maximum absolute atomic E-state index is 11.7. The van der Waals surface area contributed by atoms with Crippen LogP contribution in [0.3, 0.4) is 0 Å². The van der Waals surface area contributed by atoms with Gasteiger partial charge in [0, 0.05) is 0 Å². The third kappa shape index (κ3) is 5.45. The van der Waals surface area contributed by atoms with Crippen molar-refractivity contribution < 1.29 is 9.53 Å². The first kappa shape index (κ1) is 14.9. The highest BCUT2D eigenvalue weighted by molar-refractivity contribution is 6.29. The standard InChI is InChI=1S/C13H19ClN2O2/c1-3-4-5-6-7-10(2)18-13(17)11-8-16-12(14)9-15-11/h8-10H,3-7H2,1-2H3/t10-/m0/s1. The molecule has 0 unspecified atom stereocenters. The molecule has 0 saturated carbocycles. The van der Waals surface area contributed by atoms with Crippen LogP contribution in [0, 0.1) is 0 Å². The van der Waals surface area contributed by atoms with Gasteiger partial charge in [-0.05, 0) is 19.8 Å². The summed E-state index contributed by atoms with van der Waals surface area (Å²) in [5.74, 6) is -0.442. The van der Waals surface area contributed by atoms with Gasteiger partial charge in [0.05, 0.1) is 18.5 Å². The Labute approximate surface area is 113 Å². The maximum Gasteiger partial charge on any atom is 0.358 e. The molecule has 1 atom stereocenters. The van der Waals surface area contributed by atoms with Gasteiger partial charge in [-0.1, -0.05) is 37.8 Å². The molecule has 0 amide bonds. The molecule has 5 heteroatoms. The van der Waals surface area contributed by atoms with E-state index in [1.165, 1.54) is 31.7 Å². The minimum Gasteiger partial charge on any atom is -0.458 e. The predicted molar refractivity (Wildman–Crippen MR) is 70.7 cm³/mol. The lowest BCUT2D eigenvalue weighted by Crippen LogP contribution is -2.16. The largest absolute Gasteiger partial charge is 0.458 e. The van der Waals surface area contributed by atoms with E-state index in [4.69, 9.17) is 16.3 Å². The van der Waals surface area contributed by atoms with Crippen LogP contribution in [0.15, 0.2) is 12.4 Å². The van der Waals surface area contributed by atoms with Gasteiger partial charge in [-0.2, -0.15) is 0 Å². The second kappa shape index (κ2) is 8.03. The van der Waals surface area contributed by atoms with E-state index in [1.54, 1.807) is 0 Å². The lowest BCUT2D eigenvalue weighted by Gasteiger charge is -2.12. The van der Waals surface area contributed by atoms with Gasteiger partial charge in [-0.25, -0.2) is 14.8 Å². The third-order valence-electron chi connectivity index (χ3n) is 2.60. The Morgan fingerprint density at radius 3 is 2.72 bits per heavy atom. The molecule has 0 saturated heterocycles. The van der Waals surface area contributed by atoms with Gasteiger partial charge in [0.25, 0.3) is 0 Å². The van der Waals surface area contributed by atoms with Crippen molar-refractivity contribution in [2.24, 2.45) is 0 Å². The molecule has 18 heavy (non-hydrogen) atoms. The molecule has 0 aromatic carbocycles. The zero-order chi connectivity index (χ0) is 13.4. The van der Waals surface area contributed by atoms with Crippen molar-refractivity contribution in [1.82, 2.24) is 9.97 Å². The Balaban J connectivity index is 2.33. The first-order valence-corrected chi connectivity index (χ1v) is 6.69. The first-order chi connectivity index (χ1) is 8.63. The number of aromatic nitrogens is 2. The predicted octanol–water partition coefficient (Wildman–Crippen LogP) is 3.65. The summed E-state index contributed by atoms with van der Waals surface area (Å²) in [7, 11) is 0. The number of carbonyl (C=O) groups is 1. The minimum atomic E-state index is -0.442. The normalized spacial score (nSPS) is 12.2. The topological polar surface area (TPSA) is 52.1 Å². The van der Waals surface area contributed by atoms with Gasteiger partial charge in [0.2, 0.25) is 0 Å². The molecule has 100 valence electrons. The Morgan fingerprint density at radius 1 is 1.33 bits per heavy atom. The average Bonchev–Trinajstić information content (AvgIpc) is 2.35. The SMILES string of the molecule is CCCCCC[C@H](C)OC(=O)c1cnc(Cl)cn1. The van der Waals surface area contributed by atoms with E-state index < -0.39 is 5.97 Å². The fraction of sp³-hybridized carbons (Fsp3) is 0.615. The van der Waals surface area contributed by atoms with Crippen LogP contribution < -0.4 is 0 Å². The van der Waals surface area contributed by atoms with Gasteiger partial charge in [0.15, 0.2) is 5.69 Å². The molecule has 0 aliphatic heterocycles. The number of nitrogens with zero attached hydrogens (tertiary/aromatic N) is 2. The Hall–Kier alpha value is -1.16. The summed E-state index contributed by atoms with van der Waals surface area (Å²) >= 11 is 5.59. The summed E-state index contributed by atoms with van der Waals surface area (Å²) in [6.45, 7) is 4.07. The summed E-state index contributed by atoms with van der Waals surface area (Å²) in [4.78, 5) is 19.4. The maximum atomic E-state index is 11.7. The van der Waals surface area contributed by atoms with E-state index in [0.717, 1.165) is 12.8 Å². The van der Waals surface area contributed by atoms with Crippen molar-refractivity contribution in [3.05, 3.63) is 23.2 Å². The van der Waals surface area contributed by atoms with Crippen LogP contribution in [0.5, 0.6) is 0 Å². The van der Waals surface area contributed by atoms with Crippen LogP contribution in [0.2, 0.25) is 5.15 Å². The first-order valence-electron chi connectivity index (χ1n) is 6.32. The van der Waals surface area contributed by atoms with Crippen molar-refractivity contribution >= 4 is 17.6 Å². The average molecular weight is 271 g/mol. The fourth-order valence-corrected chi connectivity index (χ4v) is 1.68. The van der Waals surface area contributed by atoms with Crippen molar-refractivity contribution in [3.63, 3.8) is 0 Å². The zero-order valence-electron chi connectivity index (χ0n) is 10.9. The summed E-state index contributed by atoms with van der Waals surface area (Å²) in [5.41, 5.74) is 0.194. The fourth-order valence-electron chi connectivity index (χ4n) is 1.58. The highest BCUT2D eigenvalue weighted by atomic mass is 35.5. The molecule has 1 aromatic heterocycles. The number of carbonyl (C=O) groups excluding carboxylic acids is 1. The minimum absolute atomic E-state index is 0.0909. The van der Waals surface area contributed by atoms with Gasteiger partial charge in [-0.3, -0.25) is 0 Å². The van der Waals surface area contributed by atoms with Gasteiger partial charge in [-0.15, -0.1) is 0 Å². The number of esters is 1. The van der Waals surface area contributed by atoms with Crippen molar-refractivity contribution in [1.29, 1.82) is 0 Å². The molecule has 1 rings (SSSR count). The number of ether oxygens (including phenoxy) is 1. The highest BCUT2D eigenvalue weighted by Gasteiger charge is 2.13. The number of rotatable bonds is 7. The molecular formula is C13H19ClN2O2. The van der Waals surface area contributed by atoms with E-state index in [1.807, 2.05) is 6.92 Å². The second-order valence-electron chi connectivity index (χ2n) is 4.29. The number of hydrogen-bond acceptors (Lipinski definition) is 4. The summed E-state index contributed by atoms with van der Waals surface area (Å²) < 4.78 is 5.27. The lowest BCUT2D eigenvalue weighted by atomic mass is 10.1. The van der Waals surface area contributed by atoms with Gasteiger partial charge in [0.1, 0.15) is 5.15 Å². The highest BCUT2D eigenvalue weighted by Crippen LogP contribution is 2.10. The second-order valence-corrected chi connectivity index (χ2v) is 4.68. The molecular weight excluding hydrogens is 252 g/mol. The quantitative estimate of drug-likeness (QED) is 0.561. The Morgan fingerprint density at radius 2 is 2.11 bits per heavy atom. The number of unbranched alkanes of at least 4 members (excludes halogenated alkanes) is 3. The van der Waals surface area contributed by atoms with Crippen LogP contribution in [-0.4, -0.2) is 22.0 Å². The molecule has 4 nitrogen and oxygen atoms in total. The monoisotopic (exact) mass is 270 g/mol. The van der Waals surface area contributed by atoms with E-state index in [-0.39, 0.29) is 17.0 Å². The van der Waals surface area contributed by atoms with Crippen LogP contribution in [0.25, 0.3) is 0 Å². The molecule has 0 N–H and O–H groups in total. The Kier molecular flexibility index (Phi) is 6.65. The van der Waals surface area contributed by atoms with E-state index in [2.05, 4.69) is 16.9 Å². The number of hydrogen-bond donors (Lipinski definition) is 0. The molecule has 0 bridgehead atoms. The van der Waals surface area contributed by atoms with Gasteiger partial charge < -0.3 is 4.74 Å².